The van der Waals surface area contributed by atoms with Crippen LogP contribution in [0.3, 0.4) is 0 Å². The zero-order valence-corrected chi connectivity index (χ0v) is 10.3. The maximum atomic E-state index is 8.13. The molecule has 0 atom stereocenters. The first kappa shape index (κ1) is 14.7. The number of nitriles is 1. The second kappa shape index (κ2) is 10.2. The van der Waals surface area contributed by atoms with Gasteiger partial charge >= 0.3 is 33.3 Å². The minimum atomic E-state index is 0.194. The molecule has 83 valence electrons. The van der Waals surface area contributed by atoms with Gasteiger partial charge < -0.3 is 4.98 Å². The Morgan fingerprint density at radius 1 is 1.44 bits per heavy atom. The van der Waals surface area contributed by atoms with Gasteiger partial charge in [-0.2, -0.15) is 16.8 Å². The van der Waals surface area contributed by atoms with E-state index in [2.05, 4.69) is 20.0 Å². The Bertz CT molecular complexity index is 402. The summed E-state index contributed by atoms with van der Waals surface area (Å²) >= 11 is 0.194. The minimum absolute atomic E-state index is 0.194. The van der Waals surface area contributed by atoms with Gasteiger partial charge in [-0.3, -0.25) is 0 Å². The molecule has 8 heteroatoms. The number of aliphatic imine (C=N–C) groups is 1. The van der Waals surface area contributed by atoms with Crippen LogP contribution in [-0.2, 0) is 13.1 Å². The standard InChI is InChI=1S/C8H4N5.2ClH.Fe/c1-10-12-5-8-3-2-7(13-8)4-11-6-9;;;/h2-5H;2*1H;/q-1;;;+3/p-2/b11-4?,12-5+;;;. The fourth-order valence-electron chi connectivity index (χ4n) is 0.721. The molecule has 1 heterocycles. The summed E-state index contributed by atoms with van der Waals surface area (Å²) in [5.74, 6) is 0. The van der Waals surface area contributed by atoms with Gasteiger partial charge in [0.25, 0.3) is 0 Å². The van der Waals surface area contributed by atoms with Crippen molar-refractivity contribution >= 4 is 32.6 Å². The van der Waals surface area contributed by atoms with Crippen LogP contribution in [0.5, 0.6) is 0 Å². The van der Waals surface area contributed by atoms with Gasteiger partial charge in [-0.1, -0.05) is 12.1 Å². The molecule has 0 aromatic carbocycles. The van der Waals surface area contributed by atoms with E-state index >= 15 is 0 Å². The monoisotopic (exact) mass is 296 g/mol. The first-order valence-corrected chi connectivity index (χ1v) is 6.63. The third-order valence-corrected chi connectivity index (χ3v) is 1.19. The van der Waals surface area contributed by atoms with Gasteiger partial charge in [0, 0.05) is 6.21 Å². The molecule has 1 aromatic rings. The molecule has 0 bridgehead atoms. The van der Waals surface area contributed by atoms with E-state index in [0.717, 1.165) is 0 Å². The van der Waals surface area contributed by atoms with Gasteiger partial charge in [0.15, 0.2) is 0 Å². The normalized spacial score (nSPS) is 9.50. The van der Waals surface area contributed by atoms with Crippen molar-refractivity contribution in [3.63, 3.8) is 0 Å². The van der Waals surface area contributed by atoms with Crippen molar-refractivity contribution in [1.82, 2.24) is 4.98 Å². The van der Waals surface area contributed by atoms with E-state index in [1.54, 1.807) is 18.3 Å². The molecular weight excluding hydrogens is 293 g/mol. The number of aromatic nitrogens is 1. The molecule has 0 saturated carbocycles. The number of nitrogens with zero attached hydrogens (tertiary/aromatic N) is 5. The predicted molar refractivity (Wildman–Crippen MR) is 58.9 cm³/mol. The molecule has 0 unspecified atom stereocenters. The average molecular weight is 297 g/mol. The zero-order chi connectivity index (χ0) is 12.2. The van der Waals surface area contributed by atoms with Crippen LogP contribution in [0.15, 0.2) is 22.2 Å². The van der Waals surface area contributed by atoms with Crippen molar-refractivity contribution in [2.24, 2.45) is 10.1 Å². The Morgan fingerprint density at radius 3 is 2.50 bits per heavy atom. The zero-order valence-electron chi connectivity index (χ0n) is 7.65. The summed E-state index contributed by atoms with van der Waals surface area (Å²) in [5.41, 5.74) is 1.16. The van der Waals surface area contributed by atoms with Crippen LogP contribution in [-0.4, -0.2) is 12.4 Å². The fraction of sp³-hybridized carbons (Fsp3) is 0. The van der Waals surface area contributed by atoms with Crippen LogP contribution in [0, 0.1) is 18.0 Å². The van der Waals surface area contributed by atoms with E-state index in [1.165, 1.54) is 12.4 Å². The maximum absolute atomic E-state index is 8.13. The van der Waals surface area contributed by atoms with Crippen LogP contribution in [0.2, 0.25) is 0 Å². The van der Waals surface area contributed by atoms with E-state index in [-0.39, 0.29) is 13.1 Å². The van der Waals surface area contributed by atoms with E-state index < -0.39 is 0 Å². The molecule has 0 spiro atoms. The first-order valence-electron chi connectivity index (χ1n) is 3.59. The third-order valence-electron chi connectivity index (χ3n) is 1.19. The second-order valence-corrected chi connectivity index (χ2v) is 3.87. The van der Waals surface area contributed by atoms with E-state index in [4.69, 9.17) is 32.0 Å². The first-order chi connectivity index (χ1) is 7.78. The summed E-state index contributed by atoms with van der Waals surface area (Å²) in [6.07, 6.45) is 4.30. The molecule has 0 radical (unpaired) electrons. The van der Waals surface area contributed by atoms with E-state index in [9.17, 15) is 0 Å². The van der Waals surface area contributed by atoms with Crippen molar-refractivity contribution in [3.05, 3.63) is 35.0 Å². The molecular formula is C8H4Cl2FeN5. The Labute approximate surface area is 107 Å². The average Bonchev–Trinajstić information content (AvgIpc) is 2.72. The summed E-state index contributed by atoms with van der Waals surface area (Å²) in [6, 6.07) is 3.37. The molecule has 0 N–H and O–H groups in total. The number of halogens is 2. The Kier molecular flexibility index (Phi) is 9.39. The predicted octanol–water partition coefficient (Wildman–Crippen LogP) is 2.17. The molecule has 0 aliphatic rings. The molecule has 0 aliphatic heterocycles. The molecule has 0 saturated heterocycles. The van der Waals surface area contributed by atoms with Crippen LogP contribution < -0.4 is 4.98 Å². The van der Waals surface area contributed by atoms with Crippen LogP contribution in [0.1, 0.15) is 11.4 Å². The van der Waals surface area contributed by atoms with Gasteiger partial charge in [0.05, 0.1) is 11.3 Å². The topological polar surface area (TPSA) is 67.0 Å². The van der Waals surface area contributed by atoms with Crippen LogP contribution in [0.4, 0.5) is 0 Å². The SMILES string of the molecule is [C-]#[N+]/N=C/c1ccc(C=NC#N)[n-]1.[Cl][Fe+][Cl]. The molecule has 5 nitrogen and oxygen atoms in total. The van der Waals surface area contributed by atoms with Crippen molar-refractivity contribution in [3.8, 4) is 6.19 Å². The number of rotatable bonds is 2. The molecule has 16 heavy (non-hydrogen) atoms. The third kappa shape index (κ3) is 7.05. The summed E-state index contributed by atoms with van der Waals surface area (Å²) in [6.45, 7) is 6.40. The van der Waals surface area contributed by atoms with E-state index in [1.807, 2.05) is 0 Å². The Balaban J connectivity index is 0.000000673. The van der Waals surface area contributed by atoms with Crippen molar-refractivity contribution < 1.29 is 13.1 Å². The number of hydrogen-bond donors (Lipinski definition) is 0. The molecule has 0 fully saturated rings. The molecule has 0 aliphatic carbocycles. The Hall–Kier alpha value is -1.30. The van der Waals surface area contributed by atoms with Crippen molar-refractivity contribution in [2.75, 3.05) is 0 Å². The van der Waals surface area contributed by atoms with Gasteiger partial charge in [-0.15, -0.1) is 16.3 Å². The van der Waals surface area contributed by atoms with E-state index in [0.29, 0.717) is 11.4 Å². The molecule has 1 aromatic heterocycles. The van der Waals surface area contributed by atoms with Gasteiger partial charge in [-0.25, -0.2) is 0 Å². The summed E-state index contributed by atoms with van der Waals surface area (Å²) in [5, 5.41) is 11.5. The summed E-state index contributed by atoms with van der Waals surface area (Å²) in [4.78, 5) is 10.1. The molecule has 1 rings (SSSR count). The quantitative estimate of drug-likeness (QED) is 0.276. The second-order valence-electron chi connectivity index (χ2n) is 2.05. The van der Waals surface area contributed by atoms with Crippen LogP contribution in [0.25, 0.3) is 4.95 Å². The van der Waals surface area contributed by atoms with Crippen molar-refractivity contribution in [1.29, 1.82) is 5.26 Å². The summed E-state index contributed by atoms with van der Waals surface area (Å²) in [7, 11) is 9.53. The molecule has 0 amide bonds. The summed E-state index contributed by atoms with van der Waals surface area (Å²) < 4.78 is 0. The number of hydrogen-bond acceptors (Lipinski definition) is 3. The van der Waals surface area contributed by atoms with Gasteiger partial charge in [0.1, 0.15) is 0 Å². The van der Waals surface area contributed by atoms with Crippen LogP contribution >= 0.6 is 20.2 Å². The van der Waals surface area contributed by atoms with Gasteiger partial charge in [-0.05, 0) is 0 Å². The van der Waals surface area contributed by atoms with Gasteiger partial charge in [0.2, 0.25) is 6.19 Å². The Morgan fingerprint density at radius 2 is 2.00 bits per heavy atom. The van der Waals surface area contributed by atoms with Crippen molar-refractivity contribution in [2.45, 2.75) is 0 Å². The fourth-order valence-corrected chi connectivity index (χ4v) is 0.721.